The Morgan fingerprint density at radius 3 is 2.42 bits per heavy atom. The van der Waals surface area contributed by atoms with E-state index in [1.807, 2.05) is 30.3 Å². The molecule has 2 aromatic rings. The fourth-order valence-corrected chi connectivity index (χ4v) is 1.94. The van der Waals surface area contributed by atoms with E-state index in [4.69, 9.17) is 0 Å². The first-order valence-corrected chi connectivity index (χ1v) is 6.26. The third kappa shape index (κ3) is 3.50. The Labute approximate surface area is 120 Å². The molecule has 1 N–H and O–H groups in total. The highest BCUT2D eigenvalue weighted by Crippen LogP contribution is 2.16. The lowest BCUT2D eigenvalue weighted by Crippen LogP contribution is -2.05. The SMILES string of the molecule is Cc1cc(CNc2cn(C(C)C)nc2C)n(C)n1.Cl. The Morgan fingerprint density at radius 2 is 1.95 bits per heavy atom. The summed E-state index contributed by atoms with van der Waals surface area (Å²) in [6, 6.07) is 2.48. The molecule has 6 heteroatoms. The molecule has 0 aliphatic carbocycles. The van der Waals surface area contributed by atoms with Gasteiger partial charge in [-0.25, -0.2) is 0 Å². The van der Waals surface area contributed by atoms with Crippen LogP contribution < -0.4 is 5.32 Å². The van der Waals surface area contributed by atoms with Crippen molar-refractivity contribution in [2.75, 3.05) is 5.32 Å². The molecule has 0 spiro atoms. The van der Waals surface area contributed by atoms with Gasteiger partial charge in [0.1, 0.15) is 0 Å². The van der Waals surface area contributed by atoms with E-state index in [0.717, 1.165) is 23.6 Å². The summed E-state index contributed by atoms with van der Waals surface area (Å²) >= 11 is 0. The van der Waals surface area contributed by atoms with Crippen LogP contribution in [-0.4, -0.2) is 19.6 Å². The highest BCUT2D eigenvalue weighted by Gasteiger charge is 2.08. The van der Waals surface area contributed by atoms with Gasteiger partial charge >= 0.3 is 0 Å². The van der Waals surface area contributed by atoms with Gasteiger partial charge in [-0.15, -0.1) is 12.4 Å². The molecule has 106 valence electrons. The molecule has 0 unspecified atom stereocenters. The lowest BCUT2D eigenvalue weighted by molar-refractivity contribution is 0.529. The van der Waals surface area contributed by atoms with Gasteiger partial charge < -0.3 is 5.32 Å². The zero-order valence-electron chi connectivity index (χ0n) is 12.1. The van der Waals surface area contributed by atoms with Gasteiger partial charge in [0.15, 0.2) is 0 Å². The third-order valence-electron chi connectivity index (χ3n) is 3.00. The molecule has 0 saturated heterocycles. The molecule has 0 fully saturated rings. The van der Waals surface area contributed by atoms with Gasteiger partial charge in [0, 0.05) is 19.3 Å². The van der Waals surface area contributed by atoms with Crippen LogP contribution in [0.15, 0.2) is 12.3 Å². The average Bonchev–Trinajstić information content (AvgIpc) is 2.79. The van der Waals surface area contributed by atoms with Gasteiger partial charge in [-0.2, -0.15) is 10.2 Å². The fraction of sp³-hybridized carbons (Fsp3) is 0.538. The number of aryl methyl sites for hydroxylation is 3. The van der Waals surface area contributed by atoms with E-state index in [1.54, 1.807) is 0 Å². The highest BCUT2D eigenvalue weighted by atomic mass is 35.5. The van der Waals surface area contributed by atoms with Crippen LogP contribution in [0.25, 0.3) is 0 Å². The minimum Gasteiger partial charge on any atom is -0.377 e. The smallest absolute Gasteiger partial charge is 0.0825 e. The summed E-state index contributed by atoms with van der Waals surface area (Å²) in [6.45, 7) is 9.05. The molecular formula is C13H22ClN5. The number of nitrogens with one attached hydrogen (secondary N) is 1. The molecule has 0 aliphatic heterocycles. The zero-order valence-corrected chi connectivity index (χ0v) is 13.0. The second-order valence-electron chi connectivity index (χ2n) is 4.96. The topological polar surface area (TPSA) is 47.7 Å². The fourth-order valence-electron chi connectivity index (χ4n) is 1.94. The van der Waals surface area contributed by atoms with E-state index in [0.29, 0.717) is 6.04 Å². The molecular weight excluding hydrogens is 262 g/mol. The average molecular weight is 284 g/mol. The Balaban J connectivity index is 0.00000180. The highest BCUT2D eigenvalue weighted by molar-refractivity contribution is 5.85. The number of anilines is 1. The number of hydrogen-bond donors (Lipinski definition) is 1. The zero-order chi connectivity index (χ0) is 13.3. The first kappa shape index (κ1) is 15.6. The number of nitrogens with zero attached hydrogens (tertiary/aromatic N) is 4. The predicted molar refractivity (Wildman–Crippen MR) is 79.9 cm³/mol. The van der Waals surface area contributed by atoms with Gasteiger partial charge in [-0.1, -0.05) is 0 Å². The van der Waals surface area contributed by atoms with Crippen molar-refractivity contribution in [1.29, 1.82) is 0 Å². The van der Waals surface area contributed by atoms with Crippen LogP contribution in [0.2, 0.25) is 0 Å². The van der Waals surface area contributed by atoms with Crippen molar-refractivity contribution in [1.82, 2.24) is 19.6 Å². The second-order valence-corrected chi connectivity index (χ2v) is 4.96. The molecule has 5 nitrogen and oxygen atoms in total. The van der Waals surface area contributed by atoms with Gasteiger partial charge in [0.2, 0.25) is 0 Å². The largest absolute Gasteiger partial charge is 0.377 e. The van der Waals surface area contributed by atoms with Crippen LogP contribution in [0.3, 0.4) is 0 Å². The van der Waals surface area contributed by atoms with Gasteiger partial charge in [0.05, 0.1) is 29.3 Å². The Morgan fingerprint density at radius 1 is 1.26 bits per heavy atom. The molecule has 0 radical (unpaired) electrons. The Bertz CT molecular complexity index is 541. The predicted octanol–water partition coefficient (Wildman–Crippen LogP) is 2.85. The number of rotatable bonds is 4. The van der Waals surface area contributed by atoms with Crippen molar-refractivity contribution in [3.8, 4) is 0 Å². The van der Waals surface area contributed by atoms with Gasteiger partial charge in [-0.3, -0.25) is 9.36 Å². The molecule has 0 amide bonds. The van der Waals surface area contributed by atoms with Crippen molar-refractivity contribution in [3.63, 3.8) is 0 Å². The van der Waals surface area contributed by atoms with Crippen LogP contribution in [0.4, 0.5) is 5.69 Å². The van der Waals surface area contributed by atoms with Crippen molar-refractivity contribution < 1.29 is 0 Å². The van der Waals surface area contributed by atoms with E-state index in [2.05, 4.69) is 41.6 Å². The van der Waals surface area contributed by atoms with Crippen molar-refractivity contribution >= 4 is 18.1 Å². The first-order chi connectivity index (χ1) is 8.47. The molecule has 0 aliphatic rings. The van der Waals surface area contributed by atoms with E-state index in [-0.39, 0.29) is 12.4 Å². The summed E-state index contributed by atoms with van der Waals surface area (Å²) in [5.74, 6) is 0. The van der Waals surface area contributed by atoms with Gasteiger partial charge in [0.25, 0.3) is 0 Å². The summed E-state index contributed by atoms with van der Waals surface area (Å²) in [4.78, 5) is 0. The maximum absolute atomic E-state index is 4.48. The molecule has 2 aromatic heterocycles. The van der Waals surface area contributed by atoms with Crippen LogP contribution >= 0.6 is 12.4 Å². The Kier molecular flexibility index (Phi) is 5.00. The monoisotopic (exact) mass is 283 g/mol. The summed E-state index contributed by atoms with van der Waals surface area (Å²) in [5, 5.41) is 12.2. The molecule has 2 heterocycles. The van der Waals surface area contributed by atoms with E-state index >= 15 is 0 Å². The number of aromatic nitrogens is 4. The second kappa shape index (κ2) is 6.10. The number of halogens is 1. The third-order valence-corrected chi connectivity index (χ3v) is 3.00. The van der Waals surface area contributed by atoms with Gasteiger partial charge in [-0.05, 0) is 33.8 Å². The maximum atomic E-state index is 4.48. The molecule has 0 aromatic carbocycles. The van der Waals surface area contributed by atoms with Crippen LogP contribution in [0.5, 0.6) is 0 Å². The minimum absolute atomic E-state index is 0. The molecule has 0 bridgehead atoms. The summed E-state index contributed by atoms with van der Waals surface area (Å²) in [5.41, 5.74) is 4.33. The summed E-state index contributed by atoms with van der Waals surface area (Å²) in [7, 11) is 1.97. The van der Waals surface area contributed by atoms with Crippen molar-refractivity contribution in [3.05, 3.63) is 29.3 Å². The first-order valence-electron chi connectivity index (χ1n) is 6.26. The summed E-state index contributed by atoms with van der Waals surface area (Å²) < 4.78 is 3.89. The van der Waals surface area contributed by atoms with E-state index < -0.39 is 0 Å². The van der Waals surface area contributed by atoms with Crippen LogP contribution in [0.1, 0.15) is 37.0 Å². The van der Waals surface area contributed by atoms with Crippen LogP contribution in [0, 0.1) is 13.8 Å². The Hall–Kier alpha value is -1.49. The molecule has 2 rings (SSSR count). The molecule has 19 heavy (non-hydrogen) atoms. The summed E-state index contributed by atoms with van der Waals surface area (Å²) in [6.07, 6.45) is 2.06. The normalized spacial score (nSPS) is 10.6. The minimum atomic E-state index is 0. The van der Waals surface area contributed by atoms with Crippen molar-refractivity contribution in [2.24, 2.45) is 7.05 Å². The lowest BCUT2D eigenvalue weighted by Gasteiger charge is -2.05. The maximum Gasteiger partial charge on any atom is 0.0825 e. The van der Waals surface area contributed by atoms with E-state index in [9.17, 15) is 0 Å². The number of hydrogen-bond acceptors (Lipinski definition) is 3. The lowest BCUT2D eigenvalue weighted by atomic mass is 10.3. The van der Waals surface area contributed by atoms with Crippen LogP contribution in [-0.2, 0) is 13.6 Å². The molecule has 0 atom stereocenters. The van der Waals surface area contributed by atoms with E-state index in [1.165, 1.54) is 5.69 Å². The quantitative estimate of drug-likeness (QED) is 0.939. The molecule has 0 saturated carbocycles. The van der Waals surface area contributed by atoms with Crippen molar-refractivity contribution in [2.45, 2.75) is 40.3 Å². The standard InChI is InChI=1S/C13H21N5.ClH/c1-9(2)18-8-13(11(4)16-18)14-7-12-6-10(3)15-17(12)5;/h6,8-9,14H,7H2,1-5H3;1H.